The molecule has 1 amide bonds. The van der Waals surface area contributed by atoms with Crippen LogP contribution in [0.5, 0.6) is 0 Å². The molecular weight excluding hydrogens is 338 g/mol. The summed E-state index contributed by atoms with van der Waals surface area (Å²) in [7, 11) is 0. The quantitative estimate of drug-likeness (QED) is 0.701. The number of benzene rings is 1. The third kappa shape index (κ3) is 3.93. The van der Waals surface area contributed by atoms with Crippen molar-refractivity contribution in [2.45, 2.75) is 65.0 Å². The van der Waals surface area contributed by atoms with E-state index in [1.54, 1.807) is 6.20 Å². The van der Waals surface area contributed by atoms with E-state index in [9.17, 15) is 9.90 Å². The minimum Gasteiger partial charge on any atom is -0.388 e. The zero-order chi connectivity index (χ0) is 19.4. The molecule has 5 heteroatoms. The first-order valence-electron chi connectivity index (χ1n) is 10.1. The number of nitrogens with zero attached hydrogens (tertiary/aromatic N) is 2. The number of aliphatic hydroxyl groups excluding tert-OH is 1. The highest BCUT2D eigenvalue weighted by molar-refractivity contribution is 5.95. The molecule has 2 aromatic rings. The first-order chi connectivity index (χ1) is 13.1. The van der Waals surface area contributed by atoms with Gasteiger partial charge < -0.3 is 10.4 Å². The summed E-state index contributed by atoms with van der Waals surface area (Å²) >= 11 is 0. The fraction of sp³-hybridized carbons (Fsp3) is 0.545. The molecule has 1 atom stereocenters. The zero-order valence-corrected chi connectivity index (χ0v) is 16.6. The number of amides is 1. The standard InChI is InChI=1S/C22H31N3O2/c1-4-17(5-2)25-19(6-3)18(14-24-25)21(27)23-15-22(12-13-22)20(26)16-10-8-7-9-11-16/h7-11,14,17,20,26H,4-6,12-13,15H2,1-3H3,(H,23,27). The summed E-state index contributed by atoms with van der Waals surface area (Å²) in [6.07, 6.45) is 5.78. The van der Waals surface area contributed by atoms with Gasteiger partial charge >= 0.3 is 0 Å². The molecule has 1 heterocycles. The maximum atomic E-state index is 12.8. The van der Waals surface area contributed by atoms with E-state index < -0.39 is 6.10 Å². The number of carbonyl (C=O) groups is 1. The third-order valence-electron chi connectivity index (χ3n) is 5.96. The Morgan fingerprint density at radius 2 is 1.89 bits per heavy atom. The van der Waals surface area contributed by atoms with Crippen LogP contribution in [0.1, 0.15) is 80.2 Å². The van der Waals surface area contributed by atoms with Crippen molar-refractivity contribution < 1.29 is 9.90 Å². The number of hydrogen-bond donors (Lipinski definition) is 2. The molecule has 1 fully saturated rings. The molecule has 5 nitrogen and oxygen atoms in total. The molecule has 1 aromatic heterocycles. The van der Waals surface area contributed by atoms with Gasteiger partial charge in [0.05, 0.1) is 29.6 Å². The molecule has 2 N–H and O–H groups in total. The predicted molar refractivity (Wildman–Crippen MR) is 107 cm³/mol. The lowest BCUT2D eigenvalue weighted by Crippen LogP contribution is -2.33. The highest BCUT2D eigenvalue weighted by Crippen LogP contribution is 2.54. The van der Waals surface area contributed by atoms with Gasteiger partial charge in [0.25, 0.3) is 5.91 Å². The van der Waals surface area contributed by atoms with E-state index in [0.29, 0.717) is 18.2 Å². The molecule has 0 spiro atoms. The number of aliphatic hydroxyl groups is 1. The number of rotatable bonds is 9. The van der Waals surface area contributed by atoms with Crippen molar-refractivity contribution >= 4 is 5.91 Å². The fourth-order valence-corrected chi connectivity index (χ4v) is 3.93. The molecule has 0 saturated heterocycles. The van der Waals surface area contributed by atoms with Crippen molar-refractivity contribution in [2.75, 3.05) is 6.54 Å². The summed E-state index contributed by atoms with van der Waals surface area (Å²) in [6.45, 7) is 6.85. The van der Waals surface area contributed by atoms with E-state index in [0.717, 1.165) is 43.4 Å². The van der Waals surface area contributed by atoms with Crippen LogP contribution in [0.2, 0.25) is 0 Å². The average Bonchev–Trinajstić information content (AvgIpc) is 3.39. The van der Waals surface area contributed by atoms with Crippen molar-refractivity contribution in [1.29, 1.82) is 0 Å². The molecule has 27 heavy (non-hydrogen) atoms. The third-order valence-corrected chi connectivity index (χ3v) is 5.96. The van der Waals surface area contributed by atoms with Gasteiger partial charge in [-0.3, -0.25) is 9.48 Å². The van der Waals surface area contributed by atoms with Gasteiger partial charge in [-0.2, -0.15) is 5.10 Å². The van der Waals surface area contributed by atoms with E-state index >= 15 is 0 Å². The predicted octanol–water partition coefficient (Wildman–Crippen LogP) is 4.05. The van der Waals surface area contributed by atoms with Crippen LogP contribution < -0.4 is 5.32 Å². The van der Waals surface area contributed by atoms with Gasteiger partial charge in [0.15, 0.2) is 0 Å². The van der Waals surface area contributed by atoms with Crippen LogP contribution >= 0.6 is 0 Å². The lowest BCUT2D eigenvalue weighted by molar-refractivity contribution is 0.0807. The zero-order valence-electron chi connectivity index (χ0n) is 16.6. The van der Waals surface area contributed by atoms with Crippen LogP contribution in [-0.2, 0) is 6.42 Å². The molecule has 0 bridgehead atoms. The Hall–Kier alpha value is -2.14. The first kappa shape index (κ1) is 19.6. The summed E-state index contributed by atoms with van der Waals surface area (Å²) in [5.74, 6) is -0.0874. The number of carbonyl (C=O) groups excluding carboxylic acids is 1. The van der Waals surface area contributed by atoms with E-state index in [1.165, 1.54) is 0 Å². The minimum absolute atomic E-state index is 0.0874. The normalized spacial score (nSPS) is 16.3. The van der Waals surface area contributed by atoms with Crippen molar-refractivity contribution in [1.82, 2.24) is 15.1 Å². The summed E-state index contributed by atoms with van der Waals surface area (Å²) in [5, 5.41) is 18.3. The summed E-state index contributed by atoms with van der Waals surface area (Å²) in [6, 6.07) is 10.0. The molecule has 1 unspecified atom stereocenters. The Morgan fingerprint density at radius 3 is 2.44 bits per heavy atom. The van der Waals surface area contributed by atoms with E-state index in [2.05, 4.69) is 31.2 Å². The van der Waals surface area contributed by atoms with Gasteiger partial charge in [-0.15, -0.1) is 0 Å². The van der Waals surface area contributed by atoms with Crippen LogP contribution in [0.4, 0.5) is 0 Å². The smallest absolute Gasteiger partial charge is 0.254 e. The van der Waals surface area contributed by atoms with Crippen molar-refractivity contribution in [3.05, 3.63) is 53.3 Å². The van der Waals surface area contributed by atoms with Crippen LogP contribution in [-0.4, -0.2) is 27.3 Å². The van der Waals surface area contributed by atoms with Crippen LogP contribution in [0.3, 0.4) is 0 Å². The van der Waals surface area contributed by atoms with Gasteiger partial charge in [0.1, 0.15) is 0 Å². The Kier molecular flexibility index (Phi) is 6.00. The SMILES string of the molecule is CCc1c(C(=O)NCC2(C(O)c3ccccc3)CC2)cnn1C(CC)CC. The minimum atomic E-state index is -0.545. The summed E-state index contributed by atoms with van der Waals surface area (Å²) < 4.78 is 2.01. The maximum Gasteiger partial charge on any atom is 0.254 e. The summed E-state index contributed by atoms with van der Waals surface area (Å²) in [4.78, 5) is 12.8. The van der Waals surface area contributed by atoms with E-state index in [4.69, 9.17) is 0 Å². The lowest BCUT2D eigenvalue weighted by Gasteiger charge is -2.23. The first-order valence-corrected chi connectivity index (χ1v) is 10.1. The van der Waals surface area contributed by atoms with Crippen molar-refractivity contribution in [2.24, 2.45) is 5.41 Å². The van der Waals surface area contributed by atoms with Gasteiger partial charge in [-0.1, -0.05) is 51.1 Å². The van der Waals surface area contributed by atoms with Crippen molar-refractivity contribution in [3.8, 4) is 0 Å². The Bertz CT molecular complexity index is 761. The highest BCUT2D eigenvalue weighted by atomic mass is 16.3. The second kappa shape index (κ2) is 8.26. The second-order valence-corrected chi connectivity index (χ2v) is 7.63. The molecule has 1 aliphatic carbocycles. The van der Waals surface area contributed by atoms with Gasteiger partial charge in [0, 0.05) is 12.0 Å². The Morgan fingerprint density at radius 1 is 1.22 bits per heavy atom. The molecular formula is C22H31N3O2. The number of aromatic nitrogens is 2. The largest absolute Gasteiger partial charge is 0.388 e. The molecule has 1 aromatic carbocycles. The number of nitrogens with one attached hydrogen (secondary N) is 1. The Labute approximate surface area is 161 Å². The fourth-order valence-electron chi connectivity index (χ4n) is 3.93. The Balaban J connectivity index is 1.70. The van der Waals surface area contributed by atoms with Gasteiger partial charge in [0.2, 0.25) is 0 Å². The lowest BCUT2D eigenvalue weighted by atomic mass is 9.92. The average molecular weight is 370 g/mol. The number of hydrogen-bond acceptors (Lipinski definition) is 3. The molecule has 0 radical (unpaired) electrons. The maximum absolute atomic E-state index is 12.8. The van der Waals surface area contributed by atoms with Crippen molar-refractivity contribution in [3.63, 3.8) is 0 Å². The highest BCUT2D eigenvalue weighted by Gasteiger charge is 2.49. The topological polar surface area (TPSA) is 67.2 Å². The molecule has 1 saturated carbocycles. The van der Waals surface area contributed by atoms with Gasteiger partial charge in [-0.05, 0) is 37.7 Å². The summed E-state index contributed by atoms with van der Waals surface area (Å²) in [5.41, 5.74) is 2.33. The van der Waals surface area contributed by atoms with E-state index in [1.807, 2.05) is 35.0 Å². The molecule has 3 rings (SSSR count). The van der Waals surface area contributed by atoms with Crippen LogP contribution in [0.25, 0.3) is 0 Å². The van der Waals surface area contributed by atoms with E-state index in [-0.39, 0.29) is 11.3 Å². The second-order valence-electron chi connectivity index (χ2n) is 7.63. The van der Waals surface area contributed by atoms with Gasteiger partial charge in [-0.25, -0.2) is 0 Å². The van der Waals surface area contributed by atoms with Crippen LogP contribution in [0.15, 0.2) is 36.5 Å². The van der Waals surface area contributed by atoms with Crippen LogP contribution in [0, 0.1) is 5.41 Å². The molecule has 146 valence electrons. The molecule has 0 aliphatic heterocycles. The monoisotopic (exact) mass is 369 g/mol. The molecule has 1 aliphatic rings.